The molecule has 1 amide bonds. The summed E-state index contributed by atoms with van der Waals surface area (Å²) in [5.41, 5.74) is 1.35. The van der Waals surface area contributed by atoms with Crippen molar-refractivity contribution < 1.29 is 19.0 Å². The quantitative estimate of drug-likeness (QED) is 0.806. The molecule has 4 nitrogen and oxygen atoms in total. The number of halogens is 2. The standard InChI is InChI=1S/C20H21BrFNO3/c1-13-11-23(20(25)26-12-14-6-3-2-4-7-14)17(19(13)24)10-15-8-5-9-16(21)18(15)22/h2-9,13,17,19,24H,10-12H2,1H3/t13-,17?,19+/m0/s1. The van der Waals surface area contributed by atoms with Crippen LogP contribution in [0, 0.1) is 11.7 Å². The van der Waals surface area contributed by atoms with Crippen LogP contribution in [0.4, 0.5) is 9.18 Å². The fraction of sp³-hybridized carbons (Fsp3) is 0.350. The first-order valence-electron chi connectivity index (χ1n) is 8.55. The number of benzene rings is 2. The number of likely N-dealkylation sites (tertiary alicyclic amines) is 1. The second kappa shape index (κ2) is 8.18. The zero-order valence-corrected chi connectivity index (χ0v) is 16.0. The molecule has 3 atom stereocenters. The Morgan fingerprint density at radius 1 is 1.27 bits per heavy atom. The Balaban J connectivity index is 1.72. The Morgan fingerprint density at radius 3 is 2.73 bits per heavy atom. The van der Waals surface area contributed by atoms with Crippen LogP contribution in [-0.2, 0) is 17.8 Å². The predicted octanol–water partition coefficient (Wildman–Crippen LogP) is 4.15. The summed E-state index contributed by atoms with van der Waals surface area (Å²) in [6.45, 7) is 2.42. The van der Waals surface area contributed by atoms with E-state index in [0.29, 0.717) is 16.6 Å². The van der Waals surface area contributed by atoms with Gasteiger partial charge >= 0.3 is 6.09 Å². The van der Waals surface area contributed by atoms with E-state index < -0.39 is 18.2 Å². The molecule has 1 N–H and O–H groups in total. The number of rotatable bonds is 4. The Labute approximate surface area is 160 Å². The van der Waals surface area contributed by atoms with Crippen LogP contribution >= 0.6 is 15.9 Å². The highest BCUT2D eigenvalue weighted by Crippen LogP contribution is 2.29. The minimum Gasteiger partial charge on any atom is -0.445 e. The van der Waals surface area contributed by atoms with E-state index >= 15 is 0 Å². The van der Waals surface area contributed by atoms with Gasteiger partial charge in [-0.1, -0.05) is 49.4 Å². The second-order valence-corrected chi connectivity index (χ2v) is 7.50. The number of carbonyl (C=O) groups is 1. The van der Waals surface area contributed by atoms with Crippen molar-refractivity contribution in [3.8, 4) is 0 Å². The molecule has 2 aromatic carbocycles. The van der Waals surface area contributed by atoms with Crippen LogP contribution in [0.3, 0.4) is 0 Å². The predicted molar refractivity (Wildman–Crippen MR) is 100 cm³/mol. The van der Waals surface area contributed by atoms with E-state index in [1.165, 1.54) is 4.90 Å². The molecule has 1 aliphatic heterocycles. The fourth-order valence-electron chi connectivity index (χ4n) is 3.29. The van der Waals surface area contributed by atoms with Crippen molar-refractivity contribution in [3.05, 3.63) is 69.9 Å². The smallest absolute Gasteiger partial charge is 0.410 e. The van der Waals surface area contributed by atoms with Crippen molar-refractivity contribution in [2.75, 3.05) is 6.54 Å². The van der Waals surface area contributed by atoms with Crippen LogP contribution in [-0.4, -0.2) is 34.8 Å². The lowest BCUT2D eigenvalue weighted by Crippen LogP contribution is -2.41. The summed E-state index contributed by atoms with van der Waals surface area (Å²) < 4.78 is 20.1. The van der Waals surface area contributed by atoms with Crippen molar-refractivity contribution >= 4 is 22.0 Å². The summed E-state index contributed by atoms with van der Waals surface area (Å²) in [4.78, 5) is 14.1. The van der Waals surface area contributed by atoms with Gasteiger partial charge in [0.15, 0.2) is 0 Å². The number of aliphatic hydroxyl groups excluding tert-OH is 1. The number of aliphatic hydroxyl groups is 1. The molecule has 138 valence electrons. The number of amides is 1. The van der Waals surface area contributed by atoms with E-state index in [0.717, 1.165) is 5.56 Å². The largest absolute Gasteiger partial charge is 0.445 e. The SMILES string of the molecule is C[C@H]1CN(C(=O)OCc2ccccc2)C(Cc2cccc(Br)c2F)[C@@H]1O. The molecule has 2 aromatic rings. The first-order chi connectivity index (χ1) is 12.5. The molecule has 1 unspecified atom stereocenters. The topological polar surface area (TPSA) is 49.8 Å². The third-order valence-corrected chi connectivity index (χ3v) is 5.37. The molecule has 0 aromatic heterocycles. The Hall–Kier alpha value is -1.92. The van der Waals surface area contributed by atoms with Gasteiger partial charge in [0.1, 0.15) is 12.4 Å². The van der Waals surface area contributed by atoms with Crippen LogP contribution < -0.4 is 0 Å². The average molecular weight is 422 g/mol. The van der Waals surface area contributed by atoms with E-state index in [-0.39, 0.29) is 24.8 Å². The van der Waals surface area contributed by atoms with Crippen molar-refractivity contribution in [1.29, 1.82) is 0 Å². The normalized spacial score (nSPS) is 22.5. The summed E-state index contributed by atoms with van der Waals surface area (Å²) in [5.74, 6) is -0.462. The lowest BCUT2D eigenvalue weighted by molar-refractivity contribution is 0.0682. The van der Waals surface area contributed by atoms with Gasteiger partial charge in [-0.2, -0.15) is 0 Å². The number of nitrogens with zero attached hydrogens (tertiary/aromatic N) is 1. The molecular weight excluding hydrogens is 401 g/mol. The van der Waals surface area contributed by atoms with Crippen LogP contribution in [0.2, 0.25) is 0 Å². The van der Waals surface area contributed by atoms with Gasteiger partial charge in [0.2, 0.25) is 0 Å². The number of carbonyl (C=O) groups excluding carboxylic acids is 1. The van der Waals surface area contributed by atoms with Gasteiger partial charge in [0, 0.05) is 12.5 Å². The van der Waals surface area contributed by atoms with Crippen LogP contribution in [0.15, 0.2) is 53.0 Å². The highest BCUT2D eigenvalue weighted by Gasteiger charge is 2.42. The Kier molecular flexibility index (Phi) is 5.94. The zero-order chi connectivity index (χ0) is 18.7. The van der Waals surface area contributed by atoms with Gasteiger partial charge in [-0.3, -0.25) is 0 Å². The first-order valence-corrected chi connectivity index (χ1v) is 9.35. The number of ether oxygens (including phenoxy) is 1. The highest BCUT2D eigenvalue weighted by atomic mass is 79.9. The van der Waals surface area contributed by atoms with Crippen LogP contribution in [0.1, 0.15) is 18.1 Å². The van der Waals surface area contributed by atoms with E-state index in [1.807, 2.05) is 37.3 Å². The Morgan fingerprint density at radius 2 is 2.00 bits per heavy atom. The monoisotopic (exact) mass is 421 g/mol. The highest BCUT2D eigenvalue weighted by molar-refractivity contribution is 9.10. The van der Waals surface area contributed by atoms with E-state index in [1.54, 1.807) is 18.2 Å². The molecule has 1 heterocycles. The van der Waals surface area contributed by atoms with Gasteiger partial charge in [0.25, 0.3) is 0 Å². The fourth-order valence-corrected chi connectivity index (χ4v) is 3.70. The molecule has 1 fully saturated rings. The summed E-state index contributed by atoms with van der Waals surface area (Å²) in [6.07, 6.45) is -0.979. The average Bonchev–Trinajstić information content (AvgIpc) is 2.93. The zero-order valence-electron chi connectivity index (χ0n) is 14.4. The molecular formula is C20H21BrFNO3. The molecule has 0 saturated carbocycles. The van der Waals surface area contributed by atoms with E-state index in [2.05, 4.69) is 15.9 Å². The van der Waals surface area contributed by atoms with Crippen LogP contribution in [0.25, 0.3) is 0 Å². The maximum atomic E-state index is 14.3. The summed E-state index contributed by atoms with van der Waals surface area (Å²) in [5, 5.41) is 10.5. The third kappa shape index (κ3) is 4.07. The lowest BCUT2D eigenvalue weighted by atomic mass is 9.97. The summed E-state index contributed by atoms with van der Waals surface area (Å²) >= 11 is 3.17. The first kappa shape index (κ1) is 18.9. The molecule has 0 aliphatic carbocycles. The van der Waals surface area contributed by atoms with Crippen LogP contribution in [0.5, 0.6) is 0 Å². The van der Waals surface area contributed by atoms with Gasteiger partial charge in [0.05, 0.1) is 16.6 Å². The Bertz CT molecular complexity index is 771. The molecule has 3 rings (SSSR count). The van der Waals surface area contributed by atoms with E-state index in [4.69, 9.17) is 4.74 Å². The maximum Gasteiger partial charge on any atom is 0.410 e. The molecule has 0 radical (unpaired) electrons. The minimum absolute atomic E-state index is 0.0977. The third-order valence-electron chi connectivity index (χ3n) is 4.76. The molecule has 26 heavy (non-hydrogen) atoms. The second-order valence-electron chi connectivity index (χ2n) is 6.64. The van der Waals surface area contributed by atoms with Crippen molar-refractivity contribution in [2.24, 2.45) is 5.92 Å². The maximum absolute atomic E-state index is 14.3. The number of hydrogen-bond donors (Lipinski definition) is 1. The summed E-state index contributed by atoms with van der Waals surface area (Å²) in [7, 11) is 0. The van der Waals surface area contributed by atoms with Gasteiger partial charge < -0.3 is 14.7 Å². The van der Waals surface area contributed by atoms with Gasteiger partial charge in [-0.05, 0) is 39.5 Å². The van der Waals surface area contributed by atoms with Gasteiger partial charge in [-0.25, -0.2) is 9.18 Å². The molecule has 0 bridgehead atoms. The lowest BCUT2D eigenvalue weighted by Gasteiger charge is -2.26. The summed E-state index contributed by atoms with van der Waals surface area (Å²) in [6, 6.07) is 13.9. The molecule has 0 spiro atoms. The number of hydrogen-bond acceptors (Lipinski definition) is 3. The van der Waals surface area contributed by atoms with Gasteiger partial charge in [-0.15, -0.1) is 0 Å². The molecule has 6 heteroatoms. The minimum atomic E-state index is -0.724. The van der Waals surface area contributed by atoms with Crippen molar-refractivity contribution in [1.82, 2.24) is 4.90 Å². The molecule has 1 aliphatic rings. The molecule has 1 saturated heterocycles. The van der Waals surface area contributed by atoms with Crippen molar-refractivity contribution in [2.45, 2.75) is 32.1 Å². The van der Waals surface area contributed by atoms with E-state index in [9.17, 15) is 14.3 Å². The van der Waals surface area contributed by atoms with Crippen molar-refractivity contribution in [3.63, 3.8) is 0 Å².